The normalized spacial score (nSPS) is 10.2. The van der Waals surface area contributed by atoms with Crippen molar-refractivity contribution in [1.82, 2.24) is 9.97 Å². The van der Waals surface area contributed by atoms with Crippen molar-refractivity contribution in [3.8, 4) is 5.88 Å². The SMILES string of the molecule is CC(C)Oc1cncc(NCCC(=O)O)n1. The van der Waals surface area contributed by atoms with Gasteiger partial charge < -0.3 is 15.2 Å². The van der Waals surface area contributed by atoms with E-state index in [9.17, 15) is 4.79 Å². The highest BCUT2D eigenvalue weighted by Gasteiger charge is 2.02. The first-order valence-corrected chi connectivity index (χ1v) is 5.02. The molecule has 0 aromatic carbocycles. The zero-order valence-corrected chi connectivity index (χ0v) is 9.30. The molecule has 0 aliphatic rings. The number of aliphatic carboxylic acids is 1. The number of carboxylic acid groups (broad SMARTS) is 1. The molecule has 2 N–H and O–H groups in total. The fourth-order valence-electron chi connectivity index (χ4n) is 1.03. The Kier molecular flexibility index (Phi) is 4.50. The molecular formula is C10H15N3O3. The average Bonchev–Trinajstić information content (AvgIpc) is 2.16. The minimum absolute atomic E-state index is 0.0311. The first-order valence-electron chi connectivity index (χ1n) is 5.02. The highest BCUT2D eigenvalue weighted by molar-refractivity contribution is 5.67. The summed E-state index contributed by atoms with van der Waals surface area (Å²) in [6.07, 6.45) is 3.11. The van der Waals surface area contributed by atoms with Crippen molar-refractivity contribution < 1.29 is 14.6 Å². The smallest absolute Gasteiger partial charge is 0.305 e. The van der Waals surface area contributed by atoms with Crippen LogP contribution in [-0.2, 0) is 4.79 Å². The Morgan fingerprint density at radius 3 is 2.94 bits per heavy atom. The van der Waals surface area contributed by atoms with E-state index in [1.807, 2.05) is 13.8 Å². The van der Waals surface area contributed by atoms with Crippen LogP contribution in [0.1, 0.15) is 20.3 Å². The summed E-state index contributed by atoms with van der Waals surface area (Å²) in [5.74, 6) is 0.0877. The predicted octanol–water partition coefficient (Wildman–Crippen LogP) is 1.15. The van der Waals surface area contributed by atoms with Crippen LogP contribution >= 0.6 is 0 Å². The fraction of sp³-hybridized carbons (Fsp3) is 0.500. The van der Waals surface area contributed by atoms with Crippen LogP contribution in [-0.4, -0.2) is 33.7 Å². The third-order valence-electron chi connectivity index (χ3n) is 1.61. The molecule has 0 saturated heterocycles. The van der Waals surface area contributed by atoms with E-state index < -0.39 is 5.97 Å². The highest BCUT2D eigenvalue weighted by Crippen LogP contribution is 2.10. The molecule has 0 aliphatic heterocycles. The van der Waals surface area contributed by atoms with Gasteiger partial charge in [-0.25, -0.2) is 0 Å². The van der Waals surface area contributed by atoms with E-state index in [0.717, 1.165) is 0 Å². The van der Waals surface area contributed by atoms with Gasteiger partial charge in [0, 0.05) is 6.54 Å². The van der Waals surface area contributed by atoms with Gasteiger partial charge in [0.1, 0.15) is 5.82 Å². The Hall–Kier alpha value is -1.85. The number of carbonyl (C=O) groups is 1. The fourth-order valence-corrected chi connectivity index (χ4v) is 1.03. The molecule has 16 heavy (non-hydrogen) atoms. The summed E-state index contributed by atoms with van der Waals surface area (Å²) in [4.78, 5) is 18.4. The lowest BCUT2D eigenvalue weighted by Crippen LogP contribution is -2.11. The van der Waals surface area contributed by atoms with Crippen LogP contribution in [0.3, 0.4) is 0 Å². The predicted molar refractivity (Wildman–Crippen MR) is 58.5 cm³/mol. The van der Waals surface area contributed by atoms with Gasteiger partial charge in [-0.1, -0.05) is 0 Å². The first-order chi connectivity index (χ1) is 7.58. The second-order valence-electron chi connectivity index (χ2n) is 3.48. The molecule has 0 spiro atoms. The molecular weight excluding hydrogens is 210 g/mol. The summed E-state index contributed by atoms with van der Waals surface area (Å²) in [7, 11) is 0. The molecule has 1 aromatic rings. The minimum Gasteiger partial charge on any atom is -0.481 e. The molecule has 88 valence electrons. The first kappa shape index (κ1) is 12.2. The van der Waals surface area contributed by atoms with E-state index in [4.69, 9.17) is 9.84 Å². The lowest BCUT2D eigenvalue weighted by Gasteiger charge is -2.09. The summed E-state index contributed by atoms with van der Waals surface area (Å²) in [5, 5.41) is 11.3. The molecule has 0 bridgehead atoms. The third kappa shape index (κ3) is 4.59. The standard InChI is InChI=1S/C10H15N3O3/c1-7(2)16-9-6-11-5-8(13-9)12-4-3-10(14)15/h5-7H,3-4H2,1-2H3,(H,12,13)(H,14,15). The van der Waals surface area contributed by atoms with Gasteiger partial charge in [-0.3, -0.25) is 9.78 Å². The van der Waals surface area contributed by atoms with E-state index >= 15 is 0 Å². The Morgan fingerprint density at radius 2 is 2.31 bits per heavy atom. The topological polar surface area (TPSA) is 84.3 Å². The Labute approximate surface area is 93.7 Å². The molecule has 0 amide bonds. The minimum atomic E-state index is -0.852. The Bertz CT molecular complexity index is 355. The van der Waals surface area contributed by atoms with Crippen molar-refractivity contribution in [3.63, 3.8) is 0 Å². The van der Waals surface area contributed by atoms with E-state index in [0.29, 0.717) is 18.2 Å². The summed E-state index contributed by atoms with van der Waals surface area (Å²) < 4.78 is 5.35. The monoisotopic (exact) mass is 225 g/mol. The van der Waals surface area contributed by atoms with Crippen molar-refractivity contribution in [2.24, 2.45) is 0 Å². The zero-order chi connectivity index (χ0) is 12.0. The number of nitrogens with one attached hydrogen (secondary N) is 1. The number of nitrogens with zero attached hydrogens (tertiary/aromatic N) is 2. The van der Waals surface area contributed by atoms with Crippen LogP contribution in [0.4, 0.5) is 5.82 Å². The van der Waals surface area contributed by atoms with Gasteiger partial charge in [-0.2, -0.15) is 4.98 Å². The molecule has 0 fully saturated rings. The van der Waals surface area contributed by atoms with Gasteiger partial charge in [0.25, 0.3) is 0 Å². The maximum atomic E-state index is 10.3. The van der Waals surface area contributed by atoms with Crippen molar-refractivity contribution in [3.05, 3.63) is 12.4 Å². The number of rotatable bonds is 6. The Balaban J connectivity index is 2.50. The van der Waals surface area contributed by atoms with Crippen LogP contribution in [0.2, 0.25) is 0 Å². The third-order valence-corrected chi connectivity index (χ3v) is 1.61. The molecule has 0 atom stereocenters. The summed E-state index contributed by atoms with van der Waals surface area (Å²) in [5.41, 5.74) is 0. The molecule has 1 heterocycles. The molecule has 6 heteroatoms. The lowest BCUT2D eigenvalue weighted by atomic mass is 10.4. The van der Waals surface area contributed by atoms with E-state index in [1.54, 1.807) is 0 Å². The molecule has 0 aliphatic carbocycles. The average molecular weight is 225 g/mol. The van der Waals surface area contributed by atoms with E-state index in [2.05, 4.69) is 15.3 Å². The number of anilines is 1. The van der Waals surface area contributed by atoms with E-state index in [1.165, 1.54) is 12.4 Å². The number of carboxylic acids is 1. The highest BCUT2D eigenvalue weighted by atomic mass is 16.5. The van der Waals surface area contributed by atoms with Crippen LogP contribution < -0.4 is 10.1 Å². The van der Waals surface area contributed by atoms with Crippen LogP contribution in [0, 0.1) is 0 Å². The molecule has 0 unspecified atom stereocenters. The van der Waals surface area contributed by atoms with Gasteiger partial charge in [0.05, 0.1) is 24.9 Å². The number of aromatic nitrogens is 2. The summed E-state index contributed by atoms with van der Waals surface area (Å²) in [6.45, 7) is 4.10. The van der Waals surface area contributed by atoms with Crippen LogP contribution in [0.5, 0.6) is 5.88 Å². The largest absolute Gasteiger partial charge is 0.481 e. The summed E-state index contributed by atoms with van der Waals surface area (Å²) in [6, 6.07) is 0. The molecule has 1 rings (SSSR count). The molecule has 1 aromatic heterocycles. The number of hydrogen-bond donors (Lipinski definition) is 2. The summed E-state index contributed by atoms with van der Waals surface area (Å²) >= 11 is 0. The maximum Gasteiger partial charge on any atom is 0.305 e. The molecule has 0 saturated carbocycles. The second kappa shape index (κ2) is 5.89. The maximum absolute atomic E-state index is 10.3. The van der Waals surface area contributed by atoms with E-state index in [-0.39, 0.29) is 12.5 Å². The lowest BCUT2D eigenvalue weighted by molar-refractivity contribution is -0.136. The Morgan fingerprint density at radius 1 is 1.56 bits per heavy atom. The van der Waals surface area contributed by atoms with Crippen molar-refractivity contribution in [1.29, 1.82) is 0 Å². The van der Waals surface area contributed by atoms with Crippen molar-refractivity contribution in [2.45, 2.75) is 26.4 Å². The van der Waals surface area contributed by atoms with Crippen molar-refractivity contribution >= 4 is 11.8 Å². The number of ether oxygens (including phenoxy) is 1. The quantitative estimate of drug-likeness (QED) is 0.755. The van der Waals surface area contributed by atoms with Crippen LogP contribution in [0.15, 0.2) is 12.4 Å². The second-order valence-corrected chi connectivity index (χ2v) is 3.48. The van der Waals surface area contributed by atoms with Gasteiger partial charge in [-0.15, -0.1) is 0 Å². The molecule has 0 radical (unpaired) electrons. The van der Waals surface area contributed by atoms with Crippen molar-refractivity contribution in [2.75, 3.05) is 11.9 Å². The zero-order valence-electron chi connectivity index (χ0n) is 9.30. The van der Waals surface area contributed by atoms with Gasteiger partial charge in [0.15, 0.2) is 0 Å². The van der Waals surface area contributed by atoms with Gasteiger partial charge in [-0.05, 0) is 13.8 Å². The molecule has 6 nitrogen and oxygen atoms in total. The van der Waals surface area contributed by atoms with Crippen LogP contribution in [0.25, 0.3) is 0 Å². The van der Waals surface area contributed by atoms with Gasteiger partial charge in [0.2, 0.25) is 5.88 Å². The number of hydrogen-bond acceptors (Lipinski definition) is 5. The van der Waals surface area contributed by atoms with Gasteiger partial charge >= 0.3 is 5.97 Å².